The number of aromatic carboxylic acids is 1. The fraction of sp³-hybridized carbons (Fsp3) is 0.0909. The van der Waals surface area contributed by atoms with Crippen molar-refractivity contribution in [3.8, 4) is 28.0 Å². The number of carboxylic acid groups (broad SMARTS) is 1. The van der Waals surface area contributed by atoms with Crippen molar-refractivity contribution in [3.05, 3.63) is 71.8 Å². The van der Waals surface area contributed by atoms with Gasteiger partial charge in [-0.1, -0.05) is 36.4 Å². The summed E-state index contributed by atoms with van der Waals surface area (Å²) in [6.07, 6.45) is 0. The Kier molecular flexibility index (Phi) is 4.31. The summed E-state index contributed by atoms with van der Waals surface area (Å²) < 4.78 is 19.5. The van der Waals surface area contributed by atoms with Gasteiger partial charge >= 0.3 is 5.97 Å². The fourth-order valence-electron chi connectivity index (χ4n) is 3.30. The summed E-state index contributed by atoms with van der Waals surface area (Å²) in [4.78, 5) is 19.0. The lowest BCUT2D eigenvalue weighted by atomic mass is 9.98. The topological polar surface area (TPSA) is 75.2 Å². The highest BCUT2D eigenvalue weighted by Crippen LogP contribution is 2.32. The molecule has 5 nitrogen and oxygen atoms in total. The fourth-order valence-corrected chi connectivity index (χ4v) is 3.30. The summed E-state index contributed by atoms with van der Waals surface area (Å²) in [5.74, 6) is -0.611. The van der Waals surface area contributed by atoms with Crippen LogP contribution >= 0.6 is 0 Å². The lowest BCUT2D eigenvalue weighted by Crippen LogP contribution is -1.98. The first kappa shape index (κ1) is 17.7. The third-order valence-electron chi connectivity index (χ3n) is 4.65. The van der Waals surface area contributed by atoms with Crippen LogP contribution < -0.4 is 4.74 Å². The Morgan fingerprint density at radius 3 is 2.46 bits per heavy atom. The number of H-pyrrole nitrogens is 1. The van der Waals surface area contributed by atoms with Crippen LogP contribution in [0.15, 0.2) is 54.6 Å². The number of nitrogens with zero attached hydrogens (tertiary/aromatic N) is 1. The molecule has 140 valence electrons. The van der Waals surface area contributed by atoms with Gasteiger partial charge in [0, 0.05) is 5.56 Å². The molecule has 0 aliphatic rings. The number of nitrogens with one attached hydrogen (secondary N) is 1. The quantitative estimate of drug-likeness (QED) is 0.523. The molecule has 0 atom stereocenters. The number of carbonyl (C=O) groups is 1. The van der Waals surface area contributed by atoms with Crippen molar-refractivity contribution in [2.45, 2.75) is 6.92 Å². The van der Waals surface area contributed by atoms with Crippen LogP contribution in [0.3, 0.4) is 0 Å². The van der Waals surface area contributed by atoms with Crippen molar-refractivity contribution in [1.82, 2.24) is 9.97 Å². The van der Waals surface area contributed by atoms with E-state index in [0.29, 0.717) is 28.0 Å². The Morgan fingerprint density at radius 2 is 1.79 bits per heavy atom. The predicted octanol–water partition coefficient (Wildman–Crippen LogP) is 5.05. The molecule has 0 saturated carbocycles. The van der Waals surface area contributed by atoms with E-state index in [4.69, 9.17) is 4.74 Å². The zero-order chi connectivity index (χ0) is 19.8. The molecule has 0 fully saturated rings. The van der Waals surface area contributed by atoms with Gasteiger partial charge in [0.25, 0.3) is 0 Å². The van der Waals surface area contributed by atoms with E-state index in [0.717, 1.165) is 11.1 Å². The van der Waals surface area contributed by atoms with Gasteiger partial charge in [-0.2, -0.15) is 0 Å². The van der Waals surface area contributed by atoms with Crippen molar-refractivity contribution < 1.29 is 19.0 Å². The summed E-state index contributed by atoms with van der Waals surface area (Å²) in [5.41, 5.74) is 3.95. The number of fused-ring (bicyclic) bond motifs is 1. The van der Waals surface area contributed by atoms with Gasteiger partial charge in [-0.05, 0) is 41.8 Å². The third-order valence-corrected chi connectivity index (χ3v) is 4.65. The highest BCUT2D eigenvalue weighted by molar-refractivity contribution is 6.03. The Labute approximate surface area is 160 Å². The maximum Gasteiger partial charge on any atom is 0.337 e. The molecule has 0 spiro atoms. The van der Waals surface area contributed by atoms with E-state index in [9.17, 15) is 14.3 Å². The Bertz CT molecular complexity index is 1200. The Hall–Kier alpha value is -3.67. The second-order valence-corrected chi connectivity index (χ2v) is 6.45. The first-order valence-corrected chi connectivity index (χ1v) is 8.65. The van der Waals surface area contributed by atoms with Crippen LogP contribution in [0.25, 0.3) is 33.3 Å². The van der Waals surface area contributed by atoms with Crippen molar-refractivity contribution >= 4 is 17.0 Å². The molecule has 1 aromatic heterocycles. The summed E-state index contributed by atoms with van der Waals surface area (Å²) in [6, 6.07) is 15.7. The molecule has 0 bridgehead atoms. The molecule has 0 aliphatic carbocycles. The van der Waals surface area contributed by atoms with Crippen molar-refractivity contribution in [1.29, 1.82) is 0 Å². The predicted molar refractivity (Wildman–Crippen MR) is 105 cm³/mol. The number of methoxy groups -OCH3 is 1. The van der Waals surface area contributed by atoms with Gasteiger partial charge in [0.05, 0.1) is 18.2 Å². The molecule has 2 N–H and O–H groups in total. The smallest absolute Gasteiger partial charge is 0.337 e. The second kappa shape index (κ2) is 6.81. The van der Waals surface area contributed by atoms with E-state index in [2.05, 4.69) is 9.97 Å². The van der Waals surface area contributed by atoms with Gasteiger partial charge in [0.2, 0.25) is 0 Å². The largest absolute Gasteiger partial charge is 0.494 e. The summed E-state index contributed by atoms with van der Waals surface area (Å²) in [6.45, 7) is 1.78. The number of aryl methyl sites for hydroxylation is 1. The molecule has 28 heavy (non-hydrogen) atoms. The lowest BCUT2D eigenvalue weighted by molar-refractivity contribution is 0.0699. The average molecular weight is 376 g/mol. The molecule has 0 unspecified atom stereocenters. The van der Waals surface area contributed by atoms with Gasteiger partial charge in [-0.3, -0.25) is 0 Å². The maximum absolute atomic E-state index is 14.5. The molecular weight excluding hydrogens is 359 g/mol. The highest BCUT2D eigenvalue weighted by atomic mass is 19.1. The van der Waals surface area contributed by atoms with Gasteiger partial charge in [0.1, 0.15) is 11.3 Å². The monoisotopic (exact) mass is 376 g/mol. The Balaban J connectivity index is 1.78. The van der Waals surface area contributed by atoms with E-state index in [1.54, 1.807) is 43.3 Å². The zero-order valence-electron chi connectivity index (χ0n) is 15.3. The molecule has 3 aromatic carbocycles. The molecule has 1 heterocycles. The summed E-state index contributed by atoms with van der Waals surface area (Å²) in [7, 11) is 1.43. The number of imidazole rings is 1. The van der Waals surface area contributed by atoms with Crippen molar-refractivity contribution in [2.75, 3.05) is 7.11 Å². The average Bonchev–Trinajstić information content (AvgIpc) is 3.07. The minimum Gasteiger partial charge on any atom is -0.494 e. The van der Waals surface area contributed by atoms with Crippen LogP contribution in [-0.4, -0.2) is 28.2 Å². The van der Waals surface area contributed by atoms with Crippen molar-refractivity contribution in [2.24, 2.45) is 0 Å². The van der Waals surface area contributed by atoms with Crippen LogP contribution in [0.5, 0.6) is 5.75 Å². The molecule has 0 saturated heterocycles. The maximum atomic E-state index is 14.5. The minimum absolute atomic E-state index is 0.139. The van der Waals surface area contributed by atoms with E-state index in [-0.39, 0.29) is 11.3 Å². The molecule has 0 amide bonds. The minimum atomic E-state index is -1.03. The van der Waals surface area contributed by atoms with Gasteiger partial charge < -0.3 is 14.8 Å². The number of hydrogen-bond donors (Lipinski definition) is 2. The molecular formula is C22H17FN2O3. The molecule has 0 radical (unpaired) electrons. The first-order chi connectivity index (χ1) is 13.5. The number of aromatic nitrogens is 2. The van der Waals surface area contributed by atoms with E-state index in [1.165, 1.54) is 7.11 Å². The van der Waals surface area contributed by atoms with Crippen LogP contribution in [0.4, 0.5) is 4.39 Å². The van der Waals surface area contributed by atoms with Gasteiger partial charge in [-0.15, -0.1) is 0 Å². The van der Waals surface area contributed by atoms with Gasteiger partial charge in [-0.25, -0.2) is 14.2 Å². The van der Waals surface area contributed by atoms with E-state index >= 15 is 0 Å². The van der Waals surface area contributed by atoms with E-state index < -0.39 is 11.8 Å². The second-order valence-electron chi connectivity index (χ2n) is 6.45. The first-order valence-electron chi connectivity index (χ1n) is 8.65. The molecule has 4 aromatic rings. The number of aromatic amines is 1. The molecule has 4 rings (SSSR count). The number of halogens is 1. The summed E-state index contributed by atoms with van der Waals surface area (Å²) >= 11 is 0. The van der Waals surface area contributed by atoms with Crippen LogP contribution in [0, 0.1) is 12.7 Å². The highest BCUT2D eigenvalue weighted by Gasteiger charge is 2.15. The molecule has 6 heteroatoms. The van der Waals surface area contributed by atoms with E-state index in [1.807, 2.05) is 18.2 Å². The van der Waals surface area contributed by atoms with Crippen LogP contribution in [0.2, 0.25) is 0 Å². The zero-order valence-corrected chi connectivity index (χ0v) is 15.3. The van der Waals surface area contributed by atoms with Crippen LogP contribution in [-0.2, 0) is 0 Å². The lowest BCUT2D eigenvalue weighted by Gasteiger charge is -2.09. The SMILES string of the molecule is COc1cccc(-c2ccc(-c3cc(C(=O)O)c4nc(C)[nH]c4c3)cc2)c1F. The number of ether oxygens (including phenoxy) is 1. The standard InChI is InChI=1S/C22H17FN2O3/c1-12-24-18-11-15(10-17(22(26)27)21(18)25-12)13-6-8-14(9-7-13)16-4-3-5-19(28-2)20(16)23/h3-11H,1-2H3,(H,24,25)(H,26,27). The third kappa shape index (κ3) is 2.99. The number of benzene rings is 3. The number of rotatable bonds is 4. The summed E-state index contributed by atoms with van der Waals surface area (Å²) in [5, 5.41) is 9.53. The Morgan fingerprint density at radius 1 is 1.07 bits per heavy atom. The molecule has 0 aliphatic heterocycles. The van der Waals surface area contributed by atoms with Crippen LogP contribution in [0.1, 0.15) is 16.2 Å². The van der Waals surface area contributed by atoms with Crippen molar-refractivity contribution in [3.63, 3.8) is 0 Å². The van der Waals surface area contributed by atoms with Gasteiger partial charge in [0.15, 0.2) is 11.6 Å². The number of carboxylic acids is 1. The number of hydrogen-bond acceptors (Lipinski definition) is 3. The normalized spacial score (nSPS) is 11.0.